The van der Waals surface area contributed by atoms with E-state index in [9.17, 15) is 32.3 Å². The van der Waals surface area contributed by atoms with Crippen molar-refractivity contribution in [2.24, 2.45) is 5.73 Å². The molecular weight excluding hydrogens is 792 g/mol. The fraction of sp³-hybridized carbons (Fsp3) is 0.366. The van der Waals surface area contributed by atoms with Gasteiger partial charge in [0.05, 0.1) is 16.9 Å². The number of halogens is 3. The molecule has 2 aliphatic rings. The lowest BCUT2D eigenvalue weighted by atomic mass is 10.1. The molecule has 14 nitrogen and oxygen atoms in total. The monoisotopic (exact) mass is 837 g/mol. The molecule has 0 radical (unpaired) electrons. The van der Waals surface area contributed by atoms with Crippen molar-refractivity contribution in [2.75, 3.05) is 36.9 Å². The van der Waals surface area contributed by atoms with Crippen LogP contribution in [0.2, 0.25) is 0 Å². The number of hydrogen-bond acceptors (Lipinski definition) is 10. The van der Waals surface area contributed by atoms with Gasteiger partial charge in [-0.3, -0.25) is 19.2 Å². The first-order chi connectivity index (χ1) is 28.3. The molecule has 314 valence electrons. The summed E-state index contributed by atoms with van der Waals surface area (Å²) in [5, 5.41) is 21.2. The highest BCUT2D eigenvalue weighted by Crippen LogP contribution is 2.33. The van der Waals surface area contributed by atoms with Crippen LogP contribution in [0, 0.1) is 0 Å². The van der Waals surface area contributed by atoms with Gasteiger partial charge >= 0.3 is 12.1 Å². The van der Waals surface area contributed by atoms with Gasteiger partial charge in [0, 0.05) is 65.9 Å². The molecule has 4 amide bonds. The number of alkyl halides is 3. The number of anilines is 2. The Morgan fingerprint density at radius 1 is 0.932 bits per heavy atom. The molecule has 0 saturated heterocycles. The minimum atomic E-state index is -5.08. The van der Waals surface area contributed by atoms with E-state index in [0.717, 1.165) is 69.3 Å². The Labute approximate surface area is 342 Å². The molecule has 59 heavy (non-hydrogen) atoms. The van der Waals surface area contributed by atoms with Crippen molar-refractivity contribution >= 4 is 52.3 Å². The zero-order valence-corrected chi connectivity index (χ0v) is 32.9. The second kappa shape index (κ2) is 21.2. The number of benzene rings is 3. The summed E-state index contributed by atoms with van der Waals surface area (Å²) in [4.78, 5) is 65.7. The molecule has 1 saturated carbocycles. The number of nitrogens with zero attached hydrogens (tertiary/aromatic N) is 2. The SMILES string of the molecule is N[C@H](CNCCCCCCNC(=O)c1ccc(NC(=O)c2ccc(CN(C(=O)c3ccc4c(c3)OCC(=O)N4)C3CC3)cc2)cc1)Cc1cscn1.O=C(O)C(F)(F)F. The topological polar surface area (TPSA) is 205 Å². The number of ether oxygens (including phenoxy) is 1. The maximum atomic E-state index is 13.5. The van der Waals surface area contributed by atoms with Gasteiger partial charge in [0.1, 0.15) is 5.75 Å². The minimum Gasteiger partial charge on any atom is -0.482 e. The van der Waals surface area contributed by atoms with Gasteiger partial charge in [-0.2, -0.15) is 13.2 Å². The molecule has 0 unspecified atom stereocenters. The zero-order chi connectivity index (χ0) is 42.4. The smallest absolute Gasteiger partial charge is 0.482 e. The van der Waals surface area contributed by atoms with Crippen LogP contribution in [0.5, 0.6) is 5.75 Å². The van der Waals surface area contributed by atoms with E-state index in [1.54, 1.807) is 65.9 Å². The van der Waals surface area contributed by atoms with Gasteiger partial charge in [-0.15, -0.1) is 11.3 Å². The van der Waals surface area contributed by atoms with Crippen LogP contribution < -0.4 is 31.7 Å². The van der Waals surface area contributed by atoms with Gasteiger partial charge in [0.15, 0.2) is 6.61 Å². The van der Waals surface area contributed by atoms with Gasteiger partial charge in [-0.05, 0) is 92.4 Å². The number of carboxylic acid groups (broad SMARTS) is 1. The Morgan fingerprint density at radius 2 is 1.58 bits per heavy atom. The molecule has 3 aromatic carbocycles. The van der Waals surface area contributed by atoms with Crippen LogP contribution in [0.3, 0.4) is 0 Å². The highest BCUT2D eigenvalue weighted by molar-refractivity contribution is 7.07. The van der Waals surface area contributed by atoms with E-state index in [4.69, 9.17) is 20.4 Å². The molecule has 1 fully saturated rings. The largest absolute Gasteiger partial charge is 0.490 e. The zero-order valence-electron chi connectivity index (χ0n) is 32.1. The second-order valence-electron chi connectivity index (χ2n) is 14.1. The molecule has 1 atom stereocenters. The Bertz CT molecular complexity index is 2050. The minimum absolute atomic E-state index is 0.0634. The van der Waals surface area contributed by atoms with Crippen molar-refractivity contribution in [3.8, 4) is 5.75 Å². The normalized spacial score (nSPS) is 13.7. The molecule has 18 heteroatoms. The van der Waals surface area contributed by atoms with E-state index in [1.165, 1.54) is 0 Å². The number of unbranched alkanes of at least 4 members (excludes halogenated alkanes) is 3. The van der Waals surface area contributed by atoms with Gasteiger partial charge < -0.3 is 41.7 Å². The number of hydrogen-bond donors (Lipinski definition) is 6. The van der Waals surface area contributed by atoms with E-state index < -0.39 is 12.1 Å². The van der Waals surface area contributed by atoms with Crippen LogP contribution >= 0.6 is 11.3 Å². The van der Waals surface area contributed by atoms with Gasteiger partial charge in [0.2, 0.25) is 0 Å². The van der Waals surface area contributed by atoms with E-state index in [-0.39, 0.29) is 42.3 Å². The van der Waals surface area contributed by atoms with Crippen molar-refractivity contribution < 1.29 is 47.0 Å². The third kappa shape index (κ3) is 14.2. The number of carboxylic acids is 1. The van der Waals surface area contributed by atoms with Crippen molar-refractivity contribution in [3.05, 3.63) is 106 Å². The second-order valence-corrected chi connectivity index (χ2v) is 14.8. The number of rotatable bonds is 18. The number of carbonyl (C=O) groups excluding carboxylic acids is 4. The Morgan fingerprint density at radius 3 is 2.22 bits per heavy atom. The van der Waals surface area contributed by atoms with E-state index in [2.05, 4.69) is 26.3 Å². The summed E-state index contributed by atoms with van der Waals surface area (Å²) >= 11 is 1.59. The third-order valence-corrected chi connectivity index (χ3v) is 9.89. The lowest BCUT2D eigenvalue weighted by Crippen LogP contribution is -2.36. The average Bonchev–Trinajstić information content (AvgIpc) is 3.93. The van der Waals surface area contributed by atoms with Gasteiger partial charge in [-0.25, -0.2) is 9.78 Å². The maximum absolute atomic E-state index is 13.5. The quantitative estimate of drug-likeness (QED) is 0.0684. The van der Waals surface area contributed by atoms with Crippen LogP contribution in [-0.4, -0.2) is 89.1 Å². The predicted octanol–water partition coefficient (Wildman–Crippen LogP) is 5.61. The summed E-state index contributed by atoms with van der Waals surface area (Å²) < 4.78 is 37.2. The van der Waals surface area contributed by atoms with Crippen molar-refractivity contribution in [1.82, 2.24) is 20.5 Å². The lowest BCUT2D eigenvalue weighted by Gasteiger charge is -2.24. The van der Waals surface area contributed by atoms with Crippen molar-refractivity contribution in [2.45, 2.75) is 69.8 Å². The molecule has 0 spiro atoms. The molecule has 7 N–H and O–H groups in total. The number of thiazole rings is 1. The van der Waals surface area contributed by atoms with E-state index in [1.807, 2.05) is 27.9 Å². The summed E-state index contributed by atoms with van der Waals surface area (Å²) in [5.41, 5.74) is 12.6. The molecular formula is C41H46F3N7O7S. The van der Waals surface area contributed by atoms with Gasteiger partial charge in [0.25, 0.3) is 23.6 Å². The molecule has 1 aliphatic carbocycles. The van der Waals surface area contributed by atoms with Crippen LogP contribution in [-0.2, 0) is 22.6 Å². The maximum Gasteiger partial charge on any atom is 0.490 e. The number of carbonyl (C=O) groups is 5. The third-order valence-electron chi connectivity index (χ3n) is 9.25. The summed E-state index contributed by atoms with van der Waals surface area (Å²) in [6, 6.07) is 19.3. The van der Waals surface area contributed by atoms with Crippen LogP contribution in [0.1, 0.15) is 80.9 Å². The lowest BCUT2D eigenvalue weighted by molar-refractivity contribution is -0.192. The van der Waals surface area contributed by atoms with Crippen molar-refractivity contribution in [1.29, 1.82) is 0 Å². The molecule has 6 rings (SSSR count). The fourth-order valence-corrected chi connectivity index (χ4v) is 6.56. The first-order valence-corrected chi connectivity index (χ1v) is 20.0. The number of fused-ring (bicyclic) bond motifs is 1. The number of amides is 4. The van der Waals surface area contributed by atoms with E-state index in [0.29, 0.717) is 46.9 Å². The molecule has 1 aliphatic heterocycles. The predicted molar refractivity (Wildman–Crippen MR) is 215 cm³/mol. The fourth-order valence-electron chi connectivity index (χ4n) is 5.99. The summed E-state index contributed by atoms with van der Waals surface area (Å²) in [6.07, 6.45) is 1.66. The number of nitrogens with one attached hydrogen (secondary N) is 4. The molecule has 2 heterocycles. The standard InChI is InChI=1S/C39H45N7O5S.C2HF3O2/c40-30(20-32-24-52-25-43-32)21-41-17-3-1-2-4-18-42-37(48)27-9-12-31(13-10-27)44-38(49)28-7-5-26(6-8-28)22-46(33-14-15-33)39(50)29-11-16-34-35(19-29)51-23-36(47)45-34;3-2(4,5)1(6)7/h5-13,16,19,24-25,30,33,41H,1-4,14-15,17-18,20-23,40H2,(H,42,48)(H,44,49)(H,45,47);(H,6,7)/t30-;/m0./s1. The highest BCUT2D eigenvalue weighted by atomic mass is 32.1. The van der Waals surface area contributed by atoms with Crippen LogP contribution in [0.25, 0.3) is 0 Å². The van der Waals surface area contributed by atoms with E-state index >= 15 is 0 Å². The summed E-state index contributed by atoms with van der Waals surface area (Å²) in [5.74, 6) is -3.01. The Kier molecular flexibility index (Phi) is 15.9. The molecule has 0 bridgehead atoms. The summed E-state index contributed by atoms with van der Waals surface area (Å²) in [6.45, 7) is 2.63. The Hall–Kier alpha value is -5.85. The summed E-state index contributed by atoms with van der Waals surface area (Å²) in [7, 11) is 0. The average molecular weight is 838 g/mol. The number of nitrogens with two attached hydrogens (primary N) is 1. The number of aromatic nitrogens is 1. The van der Waals surface area contributed by atoms with Gasteiger partial charge in [-0.1, -0.05) is 25.0 Å². The van der Waals surface area contributed by atoms with Crippen molar-refractivity contribution in [3.63, 3.8) is 0 Å². The van der Waals surface area contributed by atoms with Crippen LogP contribution in [0.4, 0.5) is 24.5 Å². The first-order valence-electron chi connectivity index (χ1n) is 19.1. The highest BCUT2D eigenvalue weighted by Gasteiger charge is 2.38. The molecule has 4 aromatic rings. The first kappa shape index (κ1) is 44.3. The van der Waals surface area contributed by atoms with Crippen LogP contribution in [0.15, 0.2) is 77.6 Å². The Balaban J connectivity index is 0.000000867. The molecule has 1 aromatic heterocycles. The number of aliphatic carboxylic acids is 1.